The fraction of sp³-hybridized carbons (Fsp3) is 0.769. The summed E-state index contributed by atoms with van der Waals surface area (Å²) in [6.45, 7) is 4.42. The SMILES string of the molecule is CCC(CC)(Cc1nc(C2CSCCO2)no1)C(=O)O. The Balaban J connectivity index is 2.10. The van der Waals surface area contributed by atoms with Crippen LogP contribution in [0, 0.1) is 5.41 Å². The third kappa shape index (κ3) is 3.15. The van der Waals surface area contributed by atoms with Gasteiger partial charge in [0.05, 0.1) is 12.0 Å². The van der Waals surface area contributed by atoms with E-state index in [1.807, 2.05) is 13.8 Å². The largest absolute Gasteiger partial charge is 0.481 e. The molecule has 0 radical (unpaired) electrons. The molecule has 1 saturated heterocycles. The Morgan fingerprint density at radius 1 is 1.50 bits per heavy atom. The molecule has 0 amide bonds. The summed E-state index contributed by atoms with van der Waals surface area (Å²) in [7, 11) is 0. The van der Waals surface area contributed by atoms with Crippen LogP contribution >= 0.6 is 11.8 Å². The van der Waals surface area contributed by atoms with E-state index in [-0.39, 0.29) is 12.5 Å². The quantitative estimate of drug-likeness (QED) is 0.862. The zero-order valence-electron chi connectivity index (χ0n) is 11.8. The summed E-state index contributed by atoms with van der Waals surface area (Å²) in [4.78, 5) is 15.8. The predicted octanol–water partition coefficient (Wildman–Crippen LogP) is 2.31. The molecule has 2 rings (SSSR count). The van der Waals surface area contributed by atoms with Gasteiger partial charge in [-0.3, -0.25) is 4.79 Å². The van der Waals surface area contributed by atoms with Crippen molar-refractivity contribution in [3.63, 3.8) is 0 Å². The van der Waals surface area contributed by atoms with Crippen LogP contribution < -0.4 is 0 Å². The van der Waals surface area contributed by atoms with Crippen molar-refractivity contribution in [1.82, 2.24) is 10.1 Å². The number of carbonyl (C=O) groups is 1. The van der Waals surface area contributed by atoms with Crippen LogP contribution in [0.1, 0.15) is 44.5 Å². The molecular formula is C13H20N2O4S. The normalized spacial score (nSPS) is 20.0. The number of aliphatic carboxylic acids is 1. The lowest BCUT2D eigenvalue weighted by Crippen LogP contribution is -2.32. The van der Waals surface area contributed by atoms with Gasteiger partial charge < -0.3 is 14.4 Å². The standard InChI is InChI=1S/C13H20N2O4S/c1-3-13(4-2,12(16)17)7-10-14-11(15-19-10)9-8-20-6-5-18-9/h9H,3-8H2,1-2H3,(H,16,17). The number of aromatic nitrogens is 2. The second-order valence-corrected chi connectivity index (χ2v) is 6.10. The minimum Gasteiger partial charge on any atom is -0.481 e. The highest BCUT2D eigenvalue weighted by atomic mass is 32.2. The molecule has 0 spiro atoms. The van der Waals surface area contributed by atoms with Crippen LogP contribution in [0.15, 0.2) is 4.52 Å². The summed E-state index contributed by atoms with van der Waals surface area (Å²) >= 11 is 1.79. The lowest BCUT2D eigenvalue weighted by atomic mass is 9.79. The predicted molar refractivity (Wildman–Crippen MR) is 74.7 cm³/mol. The van der Waals surface area contributed by atoms with E-state index in [4.69, 9.17) is 9.26 Å². The van der Waals surface area contributed by atoms with Crippen LogP contribution in [-0.2, 0) is 16.0 Å². The van der Waals surface area contributed by atoms with Gasteiger partial charge in [-0.2, -0.15) is 16.7 Å². The molecule has 0 bridgehead atoms. The number of hydrogen-bond acceptors (Lipinski definition) is 6. The molecule has 1 aliphatic heterocycles. The van der Waals surface area contributed by atoms with Crippen molar-refractivity contribution in [3.8, 4) is 0 Å². The summed E-state index contributed by atoms with van der Waals surface area (Å²) in [5.41, 5.74) is -0.827. The molecule has 0 saturated carbocycles. The molecule has 7 heteroatoms. The molecule has 0 aliphatic carbocycles. The highest BCUT2D eigenvalue weighted by Gasteiger charge is 2.37. The first-order chi connectivity index (χ1) is 9.61. The van der Waals surface area contributed by atoms with Gasteiger partial charge in [0, 0.05) is 17.9 Å². The van der Waals surface area contributed by atoms with E-state index in [2.05, 4.69) is 10.1 Å². The summed E-state index contributed by atoms with van der Waals surface area (Å²) < 4.78 is 10.8. The maximum absolute atomic E-state index is 11.5. The Labute approximate surface area is 122 Å². The first-order valence-electron chi connectivity index (χ1n) is 6.86. The Bertz CT molecular complexity index is 453. The zero-order chi connectivity index (χ0) is 14.6. The van der Waals surface area contributed by atoms with Gasteiger partial charge >= 0.3 is 5.97 Å². The Hall–Kier alpha value is -1.08. The molecule has 1 aromatic rings. The molecule has 1 fully saturated rings. The minimum atomic E-state index is -0.827. The summed E-state index contributed by atoms with van der Waals surface area (Å²) in [6, 6.07) is 0. The lowest BCUT2D eigenvalue weighted by Gasteiger charge is -2.24. The van der Waals surface area contributed by atoms with Crippen molar-refractivity contribution in [1.29, 1.82) is 0 Å². The van der Waals surface area contributed by atoms with Crippen molar-refractivity contribution < 1.29 is 19.2 Å². The van der Waals surface area contributed by atoms with E-state index in [9.17, 15) is 9.90 Å². The van der Waals surface area contributed by atoms with Crippen LogP contribution in [0.25, 0.3) is 0 Å². The van der Waals surface area contributed by atoms with Gasteiger partial charge in [0.1, 0.15) is 6.10 Å². The Kier molecular flexibility index (Phi) is 5.04. The molecular weight excluding hydrogens is 280 g/mol. The molecule has 1 unspecified atom stereocenters. The Morgan fingerprint density at radius 2 is 2.25 bits per heavy atom. The number of carboxylic acids is 1. The highest BCUT2D eigenvalue weighted by molar-refractivity contribution is 7.99. The van der Waals surface area contributed by atoms with E-state index >= 15 is 0 Å². The molecule has 1 atom stereocenters. The molecule has 2 heterocycles. The molecule has 1 aromatic heterocycles. The number of ether oxygens (including phenoxy) is 1. The van der Waals surface area contributed by atoms with Crippen molar-refractivity contribution >= 4 is 17.7 Å². The fourth-order valence-electron chi connectivity index (χ4n) is 2.28. The lowest BCUT2D eigenvalue weighted by molar-refractivity contribution is -0.149. The maximum Gasteiger partial charge on any atom is 0.310 e. The summed E-state index contributed by atoms with van der Waals surface area (Å²) in [6.07, 6.45) is 1.19. The van der Waals surface area contributed by atoms with E-state index in [0.717, 1.165) is 11.5 Å². The van der Waals surface area contributed by atoms with E-state index in [0.29, 0.717) is 31.2 Å². The average molecular weight is 300 g/mol. The fourth-order valence-corrected chi connectivity index (χ4v) is 3.12. The van der Waals surface area contributed by atoms with E-state index in [1.165, 1.54) is 0 Å². The van der Waals surface area contributed by atoms with Crippen LogP contribution in [0.2, 0.25) is 0 Å². The third-order valence-electron chi connectivity index (χ3n) is 3.88. The summed E-state index contributed by atoms with van der Waals surface area (Å²) in [5.74, 6) is 1.88. The minimum absolute atomic E-state index is 0.145. The summed E-state index contributed by atoms with van der Waals surface area (Å²) in [5, 5.41) is 13.4. The van der Waals surface area contributed by atoms with Crippen molar-refractivity contribution in [3.05, 3.63) is 11.7 Å². The Morgan fingerprint density at radius 3 is 2.80 bits per heavy atom. The number of carboxylic acid groups (broad SMARTS) is 1. The van der Waals surface area contributed by atoms with Gasteiger partial charge in [-0.25, -0.2) is 0 Å². The number of nitrogens with zero attached hydrogens (tertiary/aromatic N) is 2. The maximum atomic E-state index is 11.5. The number of hydrogen-bond donors (Lipinski definition) is 1. The average Bonchev–Trinajstić information content (AvgIpc) is 2.94. The second-order valence-electron chi connectivity index (χ2n) is 4.95. The number of thioether (sulfide) groups is 1. The van der Waals surface area contributed by atoms with Gasteiger partial charge in [0.2, 0.25) is 11.7 Å². The van der Waals surface area contributed by atoms with Gasteiger partial charge in [0.15, 0.2) is 0 Å². The topological polar surface area (TPSA) is 85.5 Å². The van der Waals surface area contributed by atoms with Crippen LogP contribution in [0.4, 0.5) is 0 Å². The molecule has 20 heavy (non-hydrogen) atoms. The van der Waals surface area contributed by atoms with Gasteiger partial charge in [0.25, 0.3) is 0 Å². The molecule has 112 valence electrons. The van der Waals surface area contributed by atoms with Crippen LogP contribution in [-0.4, -0.2) is 39.3 Å². The van der Waals surface area contributed by atoms with Crippen LogP contribution in [0.3, 0.4) is 0 Å². The molecule has 0 aromatic carbocycles. The second kappa shape index (κ2) is 6.58. The molecule has 1 aliphatic rings. The first-order valence-corrected chi connectivity index (χ1v) is 8.02. The van der Waals surface area contributed by atoms with Gasteiger partial charge in [-0.15, -0.1) is 0 Å². The van der Waals surface area contributed by atoms with Crippen molar-refractivity contribution in [2.75, 3.05) is 18.1 Å². The van der Waals surface area contributed by atoms with Crippen molar-refractivity contribution in [2.24, 2.45) is 5.41 Å². The van der Waals surface area contributed by atoms with Crippen molar-refractivity contribution in [2.45, 2.75) is 39.2 Å². The molecule has 6 nitrogen and oxygen atoms in total. The van der Waals surface area contributed by atoms with E-state index in [1.54, 1.807) is 11.8 Å². The zero-order valence-corrected chi connectivity index (χ0v) is 12.6. The monoisotopic (exact) mass is 300 g/mol. The van der Waals surface area contributed by atoms with Gasteiger partial charge in [-0.05, 0) is 12.8 Å². The van der Waals surface area contributed by atoms with Gasteiger partial charge in [-0.1, -0.05) is 19.0 Å². The first kappa shape index (κ1) is 15.3. The highest BCUT2D eigenvalue weighted by Crippen LogP contribution is 2.32. The third-order valence-corrected chi connectivity index (χ3v) is 4.88. The smallest absolute Gasteiger partial charge is 0.310 e. The number of rotatable bonds is 6. The van der Waals surface area contributed by atoms with E-state index < -0.39 is 11.4 Å². The van der Waals surface area contributed by atoms with Crippen LogP contribution in [0.5, 0.6) is 0 Å². The molecule has 1 N–H and O–H groups in total.